The van der Waals surface area contributed by atoms with Crippen LogP contribution in [0.1, 0.15) is 11.1 Å². The van der Waals surface area contributed by atoms with Gasteiger partial charge in [-0.3, -0.25) is 14.9 Å². The van der Waals surface area contributed by atoms with Crippen molar-refractivity contribution in [3.05, 3.63) is 63.7 Å². The zero-order valence-electron chi connectivity index (χ0n) is 16.4. The van der Waals surface area contributed by atoms with E-state index in [1.165, 1.54) is 30.3 Å². The standard InChI is InChI=1S/C20H20F3N3O5/c21-20(22,23)18-11-16(25-7-9-30-10-8-25)2-1-14(18)12-24-19(27)13-31-17-5-3-15(4-6-17)26(28)29/h1-6,11H,7-10,12-13H2,(H,24,27). The van der Waals surface area contributed by atoms with E-state index in [2.05, 4.69) is 5.32 Å². The molecule has 0 radical (unpaired) electrons. The van der Waals surface area contributed by atoms with E-state index < -0.39 is 29.2 Å². The highest BCUT2D eigenvalue weighted by Gasteiger charge is 2.34. The lowest BCUT2D eigenvalue weighted by atomic mass is 10.0. The van der Waals surface area contributed by atoms with Crippen molar-refractivity contribution in [2.45, 2.75) is 12.7 Å². The van der Waals surface area contributed by atoms with Gasteiger partial charge in [0.25, 0.3) is 11.6 Å². The lowest BCUT2D eigenvalue weighted by Crippen LogP contribution is -2.36. The van der Waals surface area contributed by atoms with Crippen LogP contribution in [0.4, 0.5) is 24.5 Å². The van der Waals surface area contributed by atoms with Crippen LogP contribution >= 0.6 is 0 Å². The minimum absolute atomic E-state index is 0.0619. The highest BCUT2D eigenvalue weighted by molar-refractivity contribution is 5.77. The van der Waals surface area contributed by atoms with E-state index in [1.54, 1.807) is 6.07 Å². The number of rotatable bonds is 7. The molecule has 11 heteroatoms. The molecule has 1 aliphatic rings. The molecule has 1 saturated heterocycles. The summed E-state index contributed by atoms with van der Waals surface area (Å²) in [5, 5.41) is 13.0. The molecule has 0 saturated carbocycles. The van der Waals surface area contributed by atoms with Crippen molar-refractivity contribution in [2.75, 3.05) is 37.8 Å². The molecule has 0 unspecified atom stereocenters. The van der Waals surface area contributed by atoms with Gasteiger partial charge in [0.05, 0.1) is 23.7 Å². The summed E-state index contributed by atoms with van der Waals surface area (Å²) in [7, 11) is 0. The minimum atomic E-state index is -4.57. The fourth-order valence-electron chi connectivity index (χ4n) is 3.06. The number of benzene rings is 2. The molecule has 0 aliphatic carbocycles. The third-order valence-corrected chi connectivity index (χ3v) is 4.67. The van der Waals surface area contributed by atoms with Gasteiger partial charge in [0, 0.05) is 37.5 Å². The number of amides is 1. The van der Waals surface area contributed by atoms with E-state index in [9.17, 15) is 28.1 Å². The zero-order chi connectivity index (χ0) is 22.4. The molecule has 8 nitrogen and oxygen atoms in total. The summed E-state index contributed by atoms with van der Waals surface area (Å²) in [6.45, 7) is 1.16. The summed E-state index contributed by atoms with van der Waals surface area (Å²) >= 11 is 0. The van der Waals surface area contributed by atoms with E-state index in [0.717, 1.165) is 6.07 Å². The van der Waals surface area contributed by atoms with Crippen LogP contribution in [0.15, 0.2) is 42.5 Å². The van der Waals surface area contributed by atoms with Crippen LogP contribution in [0.2, 0.25) is 0 Å². The second kappa shape index (κ2) is 9.65. The molecule has 0 aromatic heterocycles. The number of halogens is 3. The lowest BCUT2D eigenvalue weighted by molar-refractivity contribution is -0.384. The Kier molecular flexibility index (Phi) is 6.95. The molecule has 1 aliphatic heterocycles. The predicted molar refractivity (Wildman–Crippen MR) is 105 cm³/mol. The van der Waals surface area contributed by atoms with Crippen LogP contribution in [-0.4, -0.2) is 43.7 Å². The summed E-state index contributed by atoms with van der Waals surface area (Å²) in [4.78, 5) is 23.9. The number of nitrogens with one attached hydrogen (secondary N) is 1. The molecule has 1 heterocycles. The Hall–Kier alpha value is -3.34. The molecule has 2 aromatic carbocycles. The Morgan fingerprint density at radius 3 is 2.45 bits per heavy atom. The Labute approximate surface area is 175 Å². The van der Waals surface area contributed by atoms with E-state index in [4.69, 9.17) is 9.47 Å². The SMILES string of the molecule is O=C(COc1ccc([N+](=O)[O-])cc1)NCc1ccc(N2CCOCC2)cc1C(F)(F)F. The van der Waals surface area contributed by atoms with Crippen LogP contribution < -0.4 is 15.0 Å². The third kappa shape index (κ3) is 6.07. The van der Waals surface area contributed by atoms with E-state index in [1.807, 2.05) is 4.90 Å². The average molecular weight is 439 g/mol. The molecular formula is C20H20F3N3O5. The molecule has 1 amide bonds. The maximum absolute atomic E-state index is 13.6. The van der Waals surface area contributed by atoms with Gasteiger partial charge in [-0.25, -0.2) is 0 Å². The van der Waals surface area contributed by atoms with Gasteiger partial charge in [-0.2, -0.15) is 13.2 Å². The van der Waals surface area contributed by atoms with Gasteiger partial charge in [0.2, 0.25) is 0 Å². The molecule has 166 valence electrons. The van der Waals surface area contributed by atoms with Gasteiger partial charge in [0.15, 0.2) is 6.61 Å². The number of carbonyl (C=O) groups excluding carboxylic acids is 1. The Morgan fingerprint density at radius 2 is 1.84 bits per heavy atom. The van der Waals surface area contributed by atoms with Crippen LogP contribution in [0, 0.1) is 10.1 Å². The van der Waals surface area contributed by atoms with Crippen molar-refractivity contribution in [1.82, 2.24) is 5.32 Å². The van der Waals surface area contributed by atoms with Crippen molar-refractivity contribution in [3.8, 4) is 5.75 Å². The van der Waals surface area contributed by atoms with Crippen LogP contribution in [0.25, 0.3) is 0 Å². The smallest absolute Gasteiger partial charge is 0.416 e. The van der Waals surface area contributed by atoms with Gasteiger partial charge in [-0.1, -0.05) is 6.07 Å². The van der Waals surface area contributed by atoms with Crippen molar-refractivity contribution in [1.29, 1.82) is 0 Å². The first kappa shape index (κ1) is 22.3. The van der Waals surface area contributed by atoms with E-state index in [-0.39, 0.29) is 23.5 Å². The lowest BCUT2D eigenvalue weighted by Gasteiger charge is -2.29. The largest absolute Gasteiger partial charge is 0.484 e. The zero-order valence-corrected chi connectivity index (χ0v) is 16.4. The first-order chi connectivity index (χ1) is 14.7. The van der Waals surface area contributed by atoms with Gasteiger partial charge < -0.3 is 19.7 Å². The Bertz CT molecular complexity index is 929. The first-order valence-corrected chi connectivity index (χ1v) is 9.41. The van der Waals surface area contributed by atoms with Gasteiger partial charge in [-0.05, 0) is 29.8 Å². The second-order valence-corrected chi connectivity index (χ2v) is 6.76. The van der Waals surface area contributed by atoms with Crippen molar-refractivity contribution in [3.63, 3.8) is 0 Å². The molecule has 2 aromatic rings. The molecule has 31 heavy (non-hydrogen) atoms. The number of hydrogen-bond acceptors (Lipinski definition) is 6. The fraction of sp³-hybridized carbons (Fsp3) is 0.350. The molecule has 0 atom stereocenters. The van der Waals surface area contributed by atoms with E-state index in [0.29, 0.717) is 32.0 Å². The molecular weight excluding hydrogens is 419 g/mol. The molecule has 0 bridgehead atoms. The number of anilines is 1. The summed E-state index contributed by atoms with van der Waals surface area (Å²) in [6, 6.07) is 9.13. The predicted octanol–water partition coefficient (Wildman–Crippen LogP) is 3.15. The second-order valence-electron chi connectivity index (χ2n) is 6.76. The highest BCUT2D eigenvalue weighted by Crippen LogP contribution is 2.35. The minimum Gasteiger partial charge on any atom is -0.484 e. The van der Waals surface area contributed by atoms with Crippen molar-refractivity contribution in [2.24, 2.45) is 0 Å². The van der Waals surface area contributed by atoms with Crippen LogP contribution in [-0.2, 0) is 22.3 Å². The molecule has 1 N–H and O–H groups in total. The van der Waals surface area contributed by atoms with E-state index >= 15 is 0 Å². The quantitative estimate of drug-likeness (QED) is 0.526. The number of nitro benzene ring substituents is 1. The number of ether oxygens (including phenoxy) is 2. The van der Waals surface area contributed by atoms with Crippen molar-refractivity contribution >= 4 is 17.3 Å². The van der Waals surface area contributed by atoms with Gasteiger partial charge in [0.1, 0.15) is 5.75 Å². The fourth-order valence-corrected chi connectivity index (χ4v) is 3.06. The maximum Gasteiger partial charge on any atom is 0.416 e. The number of hydrogen-bond donors (Lipinski definition) is 1. The third-order valence-electron chi connectivity index (χ3n) is 4.67. The first-order valence-electron chi connectivity index (χ1n) is 9.41. The van der Waals surface area contributed by atoms with Gasteiger partial charge >= 0.3 is 6.18 Å². The monoisotopic (exact) mass is 439 g/mol. The summed E-state index contributed by atoms with van der Waals surface area (Å²) in [5.74, 6) is -0.393. The van der Waals surface area contributed by atoms with Crippen LogP contribution in [0.3, 0.4) is 0 Å². The number of morpholine rings is 1. The average Bonchev–Trinajstić information content (AvgIpc) is 2.76. The maximum atomic E-state index is 13.6. The number of non-ortho nitro benzene ring substituents is 1. The molecule has 0 spiro atoms. The van der Waals surface area contributed by atoms with Crippen molar-refractivity contribution < 1.29 is 32.4 Å². The Morgan fingerprint density at radius 1 is 1.16 bits per heavy atom. The number of nitro groups is 1. The number of carbonyl (C=O) groups is 1. The molecule has 3 rings (SSSR count). The summed E-state index contributed by atoms with van der Waals surface area (Å²) < 4.78 is 51.1. The number of alkyl halides is 3. The van der Waals surface area contributed by atoms with Gasteiger partial charge in [-0.15, -0.1) is 0 Å². The Balaban J connectivity index is 1.60. The summed E-state index contributed by atoms with van der Waals surface area (Å²) in [5.41, 5.74) is -0.550. The topological polar surface area (TPSA) is 93.9 Å². The molecule has 1 fully saturated rings. The number of nitrogens with zero attached hydrogens (tertiary/aromatic N) is 2. The summed E-state index contributed by atoms with van der Waals surface area (Å²) in [6.07, 6.45) is -4.57. The van der Waals surface area contributed by atoms with Crippen LogP contribution in [0.5, 0.6) is 5.75 Å². The normalized spacial score (nSPS) is 14.2. The highest BCUT2D eigenvalue weighted by atomic mass is 19.4.